The molecule has 0 bridgehead atoms. The normalized spacial score (nSPS) is 7.71. The monoisotopic (exact) mass is 119 g/mol. The van der Waals surface area contributed by atoms with Crippen molar-refractivity contribution in [3.05, 3.63) is 0 Å². The van der Waals surface area contributed by atoms with Crippen LogP contribution in [0.25, 0.3) is 0 Å². The van der Waals surface area contributed by atoms with Crippen molar-refractivity contribution in [3.63, 3.8) is 0 Å². The van der Waals surface area contributed by atoms with E-state index < -0.39 is 11.0 Å². The van der Waals surface area contributed by atoms with Crippen molar-refractivity contribution in [1.82, 2.24) is 5.32 Å². The molecule has 40 valence electrons. The van der Waals surface area contributed by atoms with E-state index in [0.29, 0.717) is 0 Å². The number of hydrogen-bond donors (Lipinski definition) is 2. The Hall–Kier alpha value is -0.510. The van der Waals surface area contributed by atoms with Crippen molar-refractivity contribution in [2.75, 3.05) is 7.05 Å². The third-order valence-electron chi connectivity index (χ3n) is 0.421. The second-order valence-electron chi connectivity index (χ2n) is 0.884. The van der Waals surface area contributed by atoms with Crippen molar-refractivity contribution < 1.29 is 9.59 Å². The first-order valence-electron chi connectivity index (χ1n) is 1.63. The van der Waals surface area contributed by atoms with Gasteiger partial charge in [-0.25, -0.2) is 0 Å². The second-order valence-corrected chi connectivity index (χ2v) is 1.29. The standard InChI is InChI=1S/C3H5NO2S/c1-4-2(5)3(6)7/h1H3,(H,4,5)(H,6,7). The Labute approximate surface area is 46.5 Å². The van der Waals surface area contributed by atoms with Gasteiger partial charge in [0.1, 0.15) is 0 Å². The molecule has 0 heterocycles. The SMILES string of the molecule is CNC(=O)C(=O)S. The summed E-state index contributed by atoms with van der Waals surface area (Å²) in [6, 6.07) is 0. The quantitative estimate of drug-likeness (QED) is 0.350. The molecular formula is C3H5NO2S. The summed E-state index contributed by atoms with van der Waals surface area (Å²) in [5, 5.41) is 1.34. The van der Waals surface area contributed by atoms with Gasteiger partial charge in [-0.15, -0.1) is 0 Å². The van der Waals surface area contributed by atoms with E-state index >= 15 is 0 Å². The van der Waals surface area contributed by atoms with Crippen molar-refractivity contribution in [2.24, 2.45) is 0 Å². The fourth-order valence-electron chi connectivity index (χ4n) is 0.107. The first kappa shape index (κ1) is 6.49. The third kappa shape index (κ3) is 2.22. The van der Waals surface area contributed by atoms with Gasteiger partial charge in [-0.1, -0.05) is 12.6 Å². The Morgan fingerprint density at radius 1 is 1.57 bits per heavy atom. The van der Waals surface area contributed by atoms with Gasteiger partial charge in [0.2, 0.25) is 0 Å². The summed E-state index contributed by atoms with van der Waals surface area (Å²) in [6.07, 6.45) is 0. The van der Waals surface area contributed by atoms with Crippen LogP contribution in [0.15, 0.2) is 0 Å². The molecule has 0 saturated carbocycles. The lowest BCUT2D eigenvalue weighted by molar-refractivity contribution is -0.132. The van der Waals surface area contributed by atoms with Crippen LogP contribution in [0.3, 0.4) is 0 Å². The lowest BCUT2D eigenvalue weighted by Gasteiger charge is -1.85. The largest absolute Gasteiger partial charge is 0.352 e. The highest BCUT2D eigenvalue weighted by molar-refractivity contribution is 7.98. The Morgan fingerprint density at radius 2 is 2.00 bits per heavy atom. The molecule has 0 atom stereocenters. The van der Waals surface area contributed by atoms with E-state index in [1.165, 1.54) is 7.05 Å². The summed E-state index contributed by atoms with van der Waals surface area (Å²) >= 11 is 3.22. The minimum absolute atomic E-state index is 0.677. The number of rotatable bonds is 1. The van der Waals surface area contributed by atoms with Crippen LogP contribution in [-0.4, -0.2) is 18.1 Å². The van der Waals surface area contributed by atoms with Crippen LogP contribution in [0.4, 0.5) is 0 Å². The number of likely N-dealkylation sites (N-methyl/N-ethyl adjacent to an activating group) is 1. The number of thiol groups is 1. The van der Waals surface area contributed by atoms with Gasteiger partial charge < -0.3 is 5.32 Å². The molecule has 0 fully saturated rings. The topological polar surface area (TPSA) is 46.2 Å². The smallest absolute Gasteiger partial charge is 0.298 e. The van der Waals surface area contributed by atoms with Crippen LogP contribution in [0.2, 0.25) is 0 Å². The highest BCUT2D eigenvalue weighted by Crippen LogP contribution is 1.73. The van der Waals surface area contributed by atoms with Crippen molar-refractivity contribution in [1.29, 1.82) is 0 Å². The zero-order valence-electron chi connectivity index (χ0n) is 3.76. The minimum atomic E-state index is -0.762. The third-order valence-corrected chi connectivity index (χ3v) is 0.624. The molecule has 1 amide bonds. The number of nitrogens with one attached hydrogen (secondary N) is 1. The molecule has 0 unspecified atom stereocenters. The molecule has 7 heavy (non-hydrogen) atoms. The lowest BCUT2D eigenvalue weighted by atomic mass is 10.7. The summed E-state index contributed by atoms with van der Waals surface area (Å²) < 4.78 is 0. The van der Waals surface area contributed by atoms with Gasteiger partial charge in [-0.05, 0) is 0 Å². The molecular weight excluding hydrogens is 114 g/mol. The maximum atomic E-state index is 9.97. The van der Waals surface area contributed by atoms with E-state index in [4.69, 9.17) is 0 Å². The van der Waals surface area contributed by atoms with E-state index in [1.807, 2.05) is 0 Å². The molecule has 0 aromatic heterocycles. The van der Waals surface area contributed by atoms with Gasteiger partial charge in [0.25, 0.3) is 11.0 Å². The molecule has 0 aliphatic rings. The average molecular weight is 119 g/mol. The Bertz CT molecular complexity index is 101. The lowest BCUT2D eigenvalue weighted by Crippen LogP contribution is -2.23. The maximum absolute atomic E-state index is 9.97. The van der Waals surface area contributed by atoms with E-state index in [9.17, 15) is 9.59 Å². The molecule has 0 rings (SSSR count). The number of carbonyl (C=O) groups is 2. The first-order valence-corrected chi connectivity index (χ1v) is 2.08. The van der Waals surface area contributed by atoms with E-state index in [1.54, 1.807) is 0 Å². The summed E-state index contributed by atoms with van der Waals surface area (Å²) in [6.45, 7) is 0. The Morgan fingerprint density at radius 3 is 2.00 bits per heavy atom. The van der Waals surface area contributed by atoms with Crippen molar-refractivity contribution in [2.45, 2.75) is 0 Å². The highest BCUT2D eigenvalue weighted by Gasteiger charge is 2.01. The molecule has 0 spiro atoms. The van der Waals surface area contributed by atoms with Crippen LogP contribution in [0.1, 0.15) is 0 Å². The molecule has 0 radical (unpaired) electrons. The predicted octanol–water partition coefficient (Wildman–Crippen LogP) is -0.811. The molecule has 1 N–H and O–H groups in total. The molecule has 0 aliphatic heterocycles. The molecule has 3 nitrogen and oxygen atoms in total. The molecule has 0 aromatic rings. The Kier molecular flexibility index (Phi) is 2.44. The number of carbonyl (C=O) groups excluding carboxylic acids is 2. The number of amides is 1. The van der Waals surface area contributed by atoms with Crippen LogP contribution in [0.5, 0.6) is 0 Å². The van der Waals surface area contributed by atoms with E-state index in [-0.39, 0.29) is 0 Å². The molecule has 0 aliphatic carbocycles. The Balaban J connectivity index is 3.58. The van der Waals surface area contributed by atoms with Crippen LogP contribution >= 0.6 is 12.6 Å². The van der Waals surface area contributed by atoms with Crippen LogP contribution in [0, 0.1) is 0 Å². The maximum Gasteiger partial charge on any atom is 0.298 e. The zero-order valence-corrected chi connectivity index (χ0v) is 4.66. The van der Waals surface area contributed by atoms with Gasteiger partial charge in [0.15, 0.2) is 0 Å². The summed E-state index contributed by atoms with van der Waals surface area (Å²) in [4.78, 5) is 19.8. The zero-order chi connectivity index (χ0) is 5.86. The summed E-state index contributed by atoms with van der Waals surface area (Å²) in [5.74, 6) is -0.677. The fraction of sp³-hybridized carbons (Fsp3) is 0.333. The van der Waals surface area contributed by atoms with Gasteiger partial charge >= 0.3 is 0 Å². The van der Waals surface area contributed by atoms with Gasteiger partial charge in [0.05, 0.1) is 0 Å². The minimum Gasteiger partial charge on any atom is -0.352 e. The second kappa shape index (κ2) is 2.63. The first-order chi connectivity index (χ1) is 3.18. The fourth-order valence-corrected chi connectivity index (χ4v) is 0.219. The number of hydrogen-bond acceptors (Lipinski definition) is 2. The van der Waals surface area contributed by atoms with E-state index in [2.05, 4.69) is 17.9 Å². The highest BCUT2D eigenvalue weighted by atomic mass is 32.1. The van der Waals surface area contributed by atoms with Crippen molar-refractivity contribution in [3.8, 4) is 0 Å². The predicted molar refractivity (Wildman–Crippen MR) is 28.1 cm³/mol. The van der Waals surface area contributed by atoms with Crippen molar-refractivity contribution >= 4 is 23.7 Å². The summed E-state index contributed by atoms with van der Waals surface area (Å²) in [5.41, 5.74) is 0. The van der Waals surface area contributed by atoms with Crippen LogP contribution in [-0.2, 0) is 9.59 Å². The molecule has 4 heteroatoms. The van der Waals surface area contributed by atoms with E-state index in [0.717, 1.165) is 0 Å². The summed E-state index contributed by atoms with van der Waals surface area (Å²) in [7, 11) is 1.37. The van der Waals surface area contributed by atoms with Gasteiger partial charge in [-0.3, -0.25) is 9.59 Å². The van der Waals surface area contributed by atoms with Gasteiger partial charge in [0, 0.05) is 7.05 Å². The van der Waals surface area contributed by atoms with Crippen LogP contribution < -0.4 is 5.32 Å². The molecule has 0 aromatic carbocycles. The molecule has 0 saturated heterocycles. The average Bonchev–Trinajstić information content (AvgIpc) is 1.65. The van der Waals surface area contributed by atoms with Gasteiger partial charge in [-0.2, -0.15) is 0 Å².